The molecular weight excluding hydrogens is 232 g/mol. The van der Waals surface area contributed by atoms with Crippen molar-refractivity contribution in [1.82, 2.24) is 5.32 Å². The van der Waals surface area contributed by atoms with Crippen molar-refractivity contribution in [3.05, 3.63) is 24.3 Å². The molecule has 0 radical (unpaired) electrons. The Balaban J connectivity index is 1.97. The molecule has 1 saturated heterocycles. The minimum atomic E-state index is -0.368. The Morgan fingerprint density at radius 1 is 1.44 bits per heavy atom. The number of carbonyl (C=O) groups is 1. The fourth-order valence-electron chi connectivity index (χ4n) is 2.15. The molecule has 1 aromatic carbocycles. The summed E-state index contributed by atoms with van der Waals surface area (Å²) in [5.74, 6) is 0.844. The standard InChI is InChI=1S/C13H18N2O3/c1-17-12-5-3-4-11(8-12)15-7-6-10(9-15)14-13(16)18-2/h3-5,8,10H,6-7,9H2,1-2H3,(H,14,16). The van der Waals surface area contributed by atoms with Gasteiger partial charge in [0.1, 0.15) is 5.75 Å². The highest BCUT2D eigenvalue weighted by atomic mass is 16.5. The lowest BCUT2D eigenvalue weighted by molar-refractivity contribution is 0.167. The van der Waals surface area contributed by atoms with Crippen molar-refractivity contribution in [2.75, 3.05) is 32.2 Å². The summed E-state index contributed by atoms with van der Waals surface area (Å²) in [6.07, 6.45) is 0.555. The fourth-order valence-corrected chi connectivity index (χ4v) is 2.15. The van der Waals surface area contributed by atoms with Crippen molar-refractivity contribution in [3.8, 4) is 5.75 Å². The second kappa shape index (κ2) is 5.62. The number of ether oxygens (including phenoxy) is 2. The molecule has 5 heteroatoms. The van der Waals surface area contributed by atoms with E-state index in [2.05, 4.69) is 15.0 Å². The van der Waals surface area contributed by atoms with Crippen LogP contribution in [0.25, 0.3) is 0 Å². The zero-order chi connectivity index (χ0) is 13.0. The van der Waals surface area contributed by atoms with E-state index in [0.29, 0.717) is 0 Å². The summed E-state index contributed by atoms with van der Waals surface area (Å²) in [4.78, 5) is 13.4. The van der Waals surface area contributed by atoms with Gasteiger partial charge in [-0.15, -0.1) is 0 Å². The van der Waals surface area contributed by atoms with Crippen molar-refractivity contribution in [1.29, 1.82) is 0 Å². The van der Waals surface area contributed by atoms with E-state index in [9.17, 15) is 4.79 Å². The lowest BCUT2D eigenvalue weighted by atomic mass is 10.2. The average Bonchev–Trinajstić information content (AvgIpc) is 2.87. The van der Waals surface area contributed by atoms with Gasteiger partial charge in [-0.05, 0) is 18.6 Å². The van der Waals surface area contributed by atoms with E-state index in [1.165, 1.54) is 7.11 Å². The maximum atomic E-state index is 11.1. The van der Waals surface area contributed by atoms with Crippen LogP contribution in [0, 0.1) is 0 Å². The summed E-state index contributed by atoms with van der Waals surface area (Å²) >= 11 is 0. The molecule has 1 aliphatic rings. The van der Waals surface area contributed by atoms with Gasteiger partial charge in [0.15, 0.2) is 0 Å². The molecule has 0 aromatic heterocycles. The molecule has 0 bridgehead atoms. The molecule has 1 unspecified atom stereocenters. The van der Waals surface area contributed by atoms with E-state index in [0.717, 1.165) is 30.9 Å². The number of benzene rings is 1. The number of nitrogens with zero attached hydrogens (tertiary/aromatic N) is 1. The quantitative estimate of drug-likeness (QED) is 0.886. The number of rotatable bonds is 3. The molecule has 1 aliphatic heterocycles. The number of methoxy groups -OCH3 is 2. The Morgan fingerprint density at radius 3 is 3.00 bits per heavy atom. The second-order valence-corrected chi connectivity index (χ2v) is 4.27. The summed E-state index contributed by atoms with van der Waals surface area (Å²) in [5.41, 5.74) is 1.11. The highest BCUT2D eigenvalue weighted by Gasteiger charge is 2.24. The molecule has 1 N–H and O–H groups in total. The Labute approximate surface area is 107 Å². The van der Waals surface area contributed by atoms with Crippen LogP contribution in [0.4, 0.5) is 10.5 Å². The van der Waals surface area contributed by atoms with Crippen LogP contribution in [0.15, 0.2) is 24.3 Å². The first-order chi connectivity index (χ1) is 8.72. The van der Waals surface area contributed by atoms with Crippen molar-refractivity contribution in [2.24, 2.45) is 0 Å². The predicted octanol–water partition coefficient (Wildman–Crippen LogP) is 1.63. The van der Waals surface area contributed by atoms with Crippen LogP contribution in [0.5, 0.6) is 5.75 Å². The third-order valence-electron chi connectivity index (χ3n) is 3.11. The smallest absolute Gasteiger partial charge is 0.407 e. The number of nitrogens with one attached hydrogen (secondary N) is 1. The minimum absolute atomic E-state index is 0.142. The van der Waals surface area contributed by atoms with E-state index in [1.54, 1.807) is 7.11 Å². The Hall–Kier alpha value is -1.91. The molecule has 5 nitrogen and oxygen atoms in total. The number of carbonyl (C=O) groups excluding carboxylic acids is 1. The van der Waals surface area contributed by atoms with Gasteiger partial charge in [-0.3, -0.25) is 0 Å². The van der Waals surface area contributed by atoms with Crippen molar-refractivity contribution < 1.29 is 14.3 Å². The average molecular weight is 250 g/mol. The molecule has 1 aromatic rings. The summed E-state index contributed by atoms with van der Waals surface area (Å²) in [6.45, 7) is 1.71. The van der Waals surface area contributed by atoms with Crippen LogP contribution in [-0.2, 0) is 4.74 Å². The first kappa shape index (κ1) is 12.5. The molecule has 1 heterocycles. The molecule has 98 valence electrons. The van der Waals surface area contributed by atoms with Gasteiger partial charge in [0, 0.05) is 24.8 Å². The molecule has 2 rings (SSSR count). The van der Waals surface area contributed by atoms with Gasteiger partial charge in [-0.2, -0.15) is 0 Å². The molecule has 1 fully saturated rings. The van der Waals surface area contributed by atoms with E-state index in [-0.39, 0.29) is 12.1 Å². The van der Waals surface area contributed by atoms with Gasteiger partial charge in [-0.1, -0.05) is 6.07 Å². The molecule has 0 saturated carbocycles. The van der Waals surface area contributed by atoms with Crippen molar-refractivity contribution in [2.45, 2.75) is 12.5 Å². The topological polar surface area (TPSA) is 50.8 Å². The predicted molar refractivity (Wildman–Crippen MR) is 69.2 cm³/mol. The lowest BCUT2D eigenvalue weighted by Gasteiger charge is -2.19. The Bertz CT molecular complexity index is 422. The summed E-state index contributed by atoms with van der Waals surface area (Å²) < 4.78 is 9.81. The van der Waals surface area contributed by atoms with Gasteiger partial charge in [0.25, 0.3) is 0 Å². The lowest BCUT2D eigenvalue weighted by Crippen LogP contribution is -2.36. The second-order valence-electron chi connectivity index (χ2n) is 4.27. The third kappa shape index (κ3) is 2.85. The largest absolute Gasteiger partial charge is 0.497 e. The minimum Gasteiger partial charge on any atom is -0.497 e. The van der Waals surface area contributed by atoms with E-state index < -0.39 is 0 Å². The monoisotopic (exact) mass is 250 g/mol. The number of hydrogen-bond acceptors (Lipinski definition) is 4. The number of amides is 1. The fraction of sp³-hybridized carbons (Fsp3) is 0.462. The molecule has 0 aliphatic carbocycles. The molecule has 18 heavy (non-hydrogen) atoms. The SMILES string of the molecule is COC(=O)NC1CCN(c2cccc(OC)c2)C1. The van der Waals surface area contributed by atoms with Crippen LogP contribution in [0.1, 0.15) is 6.42 Å². The summed E-state index contributed by atoms with van der Waals surface area (Å²) in [5, 5.41) is 2.82. The molecular formula is C13H18N2O3. The van der Waals surface area contributed by atoms with Crippen LogP contribution >= 0.6 is 0 Å². The van der Waals surface area contributed by atoms with E-state index >= 15 is 0 Å². The van der Waals surface area contributed by atoms with Crippen molar-refractivity contribution >= 4 is 11.8 Å². The normalized spacial score (nSPS) is 18.6. The van der Waals surface area contributed by atoms with Crippen LogP contribution < -0.4 is 15.0 Å². The van der Waals surface area contributed by atoms with Crippen LogP contribution in [-0.4, -0.2) is 39.4 Å². The molecule has 1 atom stereocenters. The van der Waals surface area contributed by atoms with Gasteiger partial charge in [-0.25, -0.2) is 4.79 Å². The highest BCUT2D eigenvalue weighted by molar-refractivity contribution is 5.67. The van der Waals surface area contributed by atoms with E-state index in [1.807, 2.05) is 24.3 Å². The highest BCUT2D eigenvalue weighted by Crippen LogP contribution is 2.24. The maximum Gasteiger partial charge on any atom is 0.407 e. The number of anilines is 1. The van der Waals surface area contributed by atoms with Gasteiger partial charge < -0.3 is 19.7 Å². The van der Waals surface area contributed by atoms with Gasteiger partial charge in [0.05, 0.1) is 20.3 Å². The van der Waals surface area contributed by atoms with Gasteiger partial charge >= 0.3 is 6.09 Å². The summed E-state index contributed by atoms with van der Waals surface area (Å²) in [7, 11) is 3.04. The summed E-state index contributed by atoms with van der Waals surface area (Å²) in [6, 6.07) is 8.08. The Kier molecular flexibility index (Phi) is 3.92. The number of hydrogen-bond donors (Lipinski definition) is 1. The first-order valence-corrected chi connectivity index (χ1v) is 5.96. The van der Waals surface area contributed by atoms with Crippen LogP contribution in [0.3, 0.4) is 0 Å². The maximum absolute atomic E-state index is 11.1. The van der Waals surface area contributed by atoms with Gasteiger partial charge in [0.2, 0.25) is 0 Å². The molecule has 0 spiro atoms. The Morgan fingerprint density at radius 2 is 2.28 bits per heavy atom. The first-order valence-electron chi connectivity index (χ1n) is 5.96. The zero-order valence-electron chi connectivity index (χ0n) is 10.7. The van der Waals surface area contributed by atoms with Crippen LogP contribution in [0.2, 0.25) is 0 Å². The third-order valence-corrected chi connectivity index (χ3v) is 3.11. The van der Waals surface area contributed by atoms with E-state index in [4.69, 9.17) is 4.74 Å². The zero-order valence-corrected chi connectivity index (χ0v) is 10.7. The number of alkyl carbamates (subject to hydrolysis) is 1. The molecule has 1 amide bonds. The van der Waals surface area contributed by atoms with Crippen molar-refractivity contribution in [3.63, 3.8) is 0 Å².